The first kappa shape index (κ1) is 16.6. The number of esters is 1. The van der Waals surface area contributed by atoms with Crippen molar-refractivity contribution < 1.29 is 17.9 Å². The number of aromatic nitrogens is 3. The molecule has 0 amide bonds. The quantitative estimate of drug-likeness (QED) is 0.789. The minimum absolute atomic E-state index is 0.103. The highest BCUT2D eigenvalue weighted by molar-refractivity contribution is 7.89. The van der Waals surface area contributed by atoms with E-state index in [0.29, 0.717) is 0 Å². The van der Waals surface area contributed by atoms with Crippen molar-refractivity contribution in [1.82, 2.24) is 19.5 Å². The summed E-state index contributed by atoms with van der Waals surface area (Å²) in [6.07, 6.45) is 2.78. The van der Waals surface area contributed by atoms with Crippen LogP contribution >= 0.6 is 11.3 Å². The minimum Gasteiger partial charge on any atom is -0.462 e. The molecule has 2 heterocycles. The van der Waals surface area contributed by atoms with Gasteiger partial charge in [0.05, 0.1) is 17.8 Å². The van der Waals surface area contributed by atoms with Crippen molar-refractivity contribution in [3.05, 3.63) is 27.8 Å². The van der Waals surface area contributed by atoms with Gasteiger partial charge < -0.3 is 4.74 Å². The Morgan fingerprint density at radius 2 is 2.18 bits per heavy atom. The van der Waals surface area contributed by atoms with Crippen LogP contribution in [0.1, 0.15) is 27.2 Å². The molecule has 8 nitrogen and oxygen atoms in total. The Morgan fingerprint density at radius 3 is 2.77 bits per heavy atom. The zero-order valence-electron chi connectivity index (χ0n) is 12.4. The van der Waals surface area contributed by atoms with Crippen LogP contribution in [-0.2, 0) is 21.3 Å². The predicted octanol–water partition coefficient (Wildman–Crippen LogP) is 1.17. The second-order valence-electron chi connectivity index (χ2n) is 4.44. The van der Waals surface area contributed by atoms with Crippen molar-refractivity contribution in [3.8, 4) is 0 Å². The fourth-order valence-electron chi connectivity index (χ4n) is 1.76. The molecule has 0 fully saturated rings. The Kier molecular flexibility index (Phi) is 4.94. The Balaban J connectivity index is 2.26. The zero-order valence-corrected chi connectivity index (χ0v) is 14.0. The second kappa shape index (κ2) is 6.55. The third kappa shape index (κ3) is 3.34. The highest BCUT2D eigenvalue weighted by Gasteiger charge is 2.29. The van der Waals surface area contributed by atoms with E-state index in [0.717, 1.165) is 20.4 Å². The number of carbonyl (C=O) groups excluding carboxylic acids is 1. The molecule has 0 aromatic carbocycles. The molecule has 0 aliphatic heterocycles. The molecule has 2 rings (SSSR count). The van der Waals surface area contributed by atoms with E-state index in [-0.39, 0.29) is 23.7 Å². The number of nitrogens with one attached hydrogen (secondary N) is 1. The average Bonchev–Trinajstić information content (AvgIpc) is 3.08. The number of aromatic amines is 1. The van der Waals surface area contributed by atoms with E-state index in [1.54, 1.807) is 13.1 Å². The van der Waals surface area contributed by atoms with Crippen molar-refractivity contribution in [3.63, 3.8) is 0 Å². The lowest BCUT2D eigenvalue weighted by atomic mass is 10.4. The summed E-state index contributed by atoms with van der Waals surface area (Å²) in [7, 11) is -2.45. The molecule has 0 bridgehead atoms. The Labute approximate surface area is 132 Å². The lowest BCUT2D eigenvalue weighted by Gasteiger charge is -2.15. The number of H-pyrrole nitrogens is 1. The molecule has 0 unspecified atom stereocenters. The van der Waals surface area contributed by atoms with Crippen molar-refractivity contribution in [2.45, 2.75) is 25.4 Å². The van der Waals surface area contributed by atoms with Gasteiger partial charge in [-0.15, -0.1) is 11.3 Å². The van der Waals surface area contributed by atoms with Crippen LogP contribution in [0.25, 0.3) is 0 Å². The summed E-state index contributed by atoms with van der Waals surface area (Å²) in [4.78, 5) is 16.7. The largest absolute Gasteiger partial charge is 0.462 e. The summed E-state index contributed by atoms with van der Waals surface area (Å²) in [5.41, 5.74) is -0.103. The number of carbonyl (C=O) groups is 1. The summed E-state index contributed by atoms with van der Waals surface area (Å²) in [5.74, 6) is -0.725. The third-order valence-corrected chi connectivity index (χ3v) is 5.49. The summed E-state index contributed by atoms with van der Waals surface area (Å²) >= 11 is 1.41. The van der Waals surface area contributed by atoms with Crippen LogP contribution in [0.15, 0.2) is 17.4 Å². The highest BCUT2D eigenvalue weighted by Crippen LogP contribution is 2.21. The topological polar surface area (TPSA) is 105 Å². The van der Waals surface area contributed by atoms with Gasteiger partial charge in [0, 0.05) is 24.7 Å². The number of hydrogen-bond donors (Lipinski definition) is 1. The molecule has 22 heavy (non-hydrogen) atoms. The summed E-state index contributed by atoms with van der Waals surface area (Å²) in [5, 5.41) is 6.60. The molecule has 0 atom stereocenters. The number of thiazole rings is 1. The van der Waals surface area contributed by atoms with E-state index in [2.05, 4.69) is 15.2 Å². The molecule has 120 valence electrons. The van der Waals surface area contributed by atoms with E-state index in [1.165, 1.54) is 18.4 Å². The van der Waals surface area contributed by atoms with Gasteiger partial charge in [0.15, 0.2) is 5.03 Å². The Bertz CT molecular complexity index is 766. The zero-order chi connectivity index (χ0) is 16.3. The molecule has 2 aromatic rings. The van der Waals surface area contributed by atoms with Crippen molar-refractivity contribution in [2.75, 3.05) is 13.7 Å². The van der Waals surface area contributed by atoms with Crippen LogP contribution in [0.2, 0.25) is 0 Å². The molecular weight excluding hydrogens is 328 g/mol. The van der Waals surface area contributed by atoms with E-state index in [4.69, 9.17) is 4.74 Å². The van der Waals surface area contributed by atoms with Crippen molar-refractivity contribution in [1.29, 1.82) is 0 Å². The van der Waals surface area contributed by atoms with Gasteiger partial charge in [-0.3, -0.25) is 5.10 Å². The molecule has 2 aromatic heterocycles. The van der Waals surface area contributed by atoms with Gasteiger partial charge in [-0.05, 0) is 13.8 Å². The third-order valence-electron chi connectivity index (χ3n) is 2.82. The molecule has 10 heteroatoms. The van der Waals surface area contributed by atoms with Crippen LogP contribution in [0.3, 0.4) is 0 Å². The van der Waals surface area contributed by atoms with Gasteiger partial charge in [-0.25, -0.2) is 18.2 Å². The van der Waals surface area contributed by atoms with E-state index in [1.807, 2.05) is 6.92 Å². The standard InChI is InChI=1S/C12H16N4O4S2/c1-4-20-12(17)10-6-14-15-11(10)22(18,19)16(3)7-9-5-13-8(2)21-9/h5-6H,4,7H2,1-3H3,(H,14,15). The number of rotatable bonds is 6. The molecular formula is C12H16N4O4S2. The van der Waals surface area contributed by atoms with Crippen molar-refractivity contribution in [2.24, 2.45) is 0 Å². The highest BCUT2D eigenvalue weighted by atomic mass is 32.2. The van der Waals surface area contributed by atoms with Gasteiger partial charge in [-0.2, -0.15) is 9.40 Å². The first-order chi connectivity index (χ1) is 10.4. The minimum atomic E-state index is -3.89. The second-order valence-corrected chi connectivity index (χ2v) is 7.74. The van der Waals surface area contributed by atoms with Crippen LogP contribution < -0.4 is 0 Å². The average molecular weight is 344 g/mol. The van der Waals surface area contributed by atoms with Crippen LogP contribution in [0.4, 0.5) is 0 Å². The molecule has 0 spiro atoms. The fraction of sp³-hybridized carbons (Fsp3) is 0.417. The van der Waals surface area contributed by atoms with E-state index >= 15 is 0 Å². The van der Waals surface area contributed by atoms with Gasteiger partial charge in [0.25, 0.3) is 10.0 Å². The maximum absolute atomic E-state index is 12.6. The van der Waals surface area contributed by atoms with Crippen molar-refractivity contribution >= 4 is 27.3 Å². The molecule has 0 radical (unpaired) electrons. The first-order valence-electron chi connectivity index (χ1n) is 6.44. The monoisotopic (exact) mass is 344 g/mol. The van der Waals surface area contributed by atoms with E-state index in [9.17, 15) is 13.2 Å². The lowest BCUT2D eigenvalue weighted by molar-refractivity contribution is 0.0521. The molecule has 0 aliphatic carbocycles. The molecule has 0 saturated carbocycles. The number of hydrogen-bond acceptors (Lipinski definition) is 7. The van der Waals surface area contributed by atoms with Gasteiger partial charge in [-0.1, -0.05) is 0 Å². The number of aryl methyl sites for hydroxylation is 1. The Hall–Kier alpha value is -1.78. The summed E-state index contributed by atoms with van der Waals surface area (Å²) in [6, 6.07) is 0. The number of sulfonamides is 1. The molecule has 1 N–H and O–H groups in total. The summed E-state index contributed by atoms with van der Waals surface area (Å²) < 4.78 is 31.1. The van der Waals surface area contributed by atoms with Crippen LogP contribution in [0.5, 0.6) is 0 Å². The SMILES string of the molecule is CCOC(=O)c1cn[nH]c1S(=O)(=O)N(C)Cc1cnc(C)s1. The molecule has 0 aliphatic rings. The first-order valence-corrected chi connectivity index (χ1v) is 8.70. The van der Waals surface area contributed by atoms with Crippen LogP contribution in [0, 0.1) is 6.92 Å². The lowest BCUT2D eigenvalue weighted by Crippen LogP contribution is -2.28. The van der Waals surface area contributed by atoms with Gasteiger partial charge in [0.2, 0.25) is 0 Å². The van der Waals surface area contributed by atoms with Gasteiger partial charge >= 0.3 is 5.97 Å². The summed E-state index contributed by atoms with van der Waals surface area (Å²) in [6.45, 7) is 3.80. The number of ether oxygens (including phenoxy) is 1. The van der Waals surface area contributed by atoms with Gasteiger partial charge in [0.1, 0.15) is 5.56 Å². The maximum atomic E-state index is 12.6. The fourth-order valence-corrected chi connectivity index (χ4v) is 3.90. The maximum Gasteiger partial charge on any atom is 0.342 e. The number of nitrogens with zero attached hydrogens (tertiary/aromatic N) is 3. The van der Waals surface area contributed by atoms with Crippen LogP contribution in [-0.4, -0.2) is 47.5 Å². The normalized spacial score (nSPS) is 11.8. The Morgan fingerprint density at radius 1 is 1.45 bits per heavy atom. The van der Waals surface area contributed by atoms with E-state index < -0.39 is 16.0 Å². The smallest absolute Gasteiger partial charge is 0.342 e. The predicted molar refractivity (Wildman–Crippen MR) is 80.0 cm³/mol. The molecule has 0 saturated heterocycles.